The van der Waals surface area contributed by atoms with Crippen LogP contribution in [0.2, 0.25) is 0 Å². The second-order valence-corrected chi connectivity index (χ2v) is 7.54. The predicted molar refractivity (Wildman–Crippen MR) is 91.9 cm³/mol. The zero-order valence-corrected chi connectivity index (χ0v) is 15.3. The second-order valence-electron chi connectivity index (χ2n) is 6.56. The Balaban J connectivity index is 1.40. The van der Waals surface area contributed by atoms with E-state index in [0.717, 1.165) is 11.3 Å². The normalized spacial score (nSPS) is 21.0. The number of rotatable bonds is 6. The molecule has 1 N–H and O–H groups in total. The first kappa shape index (κ1) is 17.8. The van der Waals surface area contributed by atoms with Crippen molar-refractivity contribution in [1.82, 2.24) is 20.2 Å². The Kier molecular flexibility index (Phi) is 4.33. The Morgan fingerprint density at radius 2 is 2.26 bits per heavy atom. The van der Waals surface area contributed by atoms with Gasteiger partial charge in [0, 0.05) is 32.0 Å². The standard InChI is InChI=1S/C16H17F2N5O3S/c1-9-12(13(24)20-7-11-19-2-5-26-11)27-14(21-9)23-4-3-22(15(23)25)8-10-6-16(10,17)18/h2,5,10H,3-4,6-8H2,1H3,(H,20,24). The summed E-state index contributed by atoms with van der Waals surface area (Å²) in [6.07, 6.45) is 2.74. The highest BCUT2D eigenvalue weighted by atomic mass is 32.1. The average Bonchev–Trinajstić information content (AvgIpc) is 3.09. The van der Waals surface area contributed by atoms with Crippen molar-refractivity contribution in [3.05, 3.63) is 28.9 Å². The van der Waals surface area contributed by atoms with Crippen molar-refractivity contribution in [3.8, 4) is 0 Å². The van der Waals surface area contributed by atoms with Gasteiger partial charge in [-0.05, 0) is 6.92 Å². The first-order chi connectivity index (χ1) is 12.8. The fourth-order valence-electron chi connectivity index (χ4n) is 2.95. The summed E-state index contributed by atoms with van der Waals surface area (Å²) in [4.78, 5) is 36.3. The molecule has 3 heterocycles. The van der Waals surface area contributed by atoms with Crippen LogP contribution in [0.1, 0.15) is 27.7 Å². The number of hydrogen-bond donors (Lipinski definition) is 1. The first-order valence-corrected chi connectivity index (χ1v) is 9.25. The number of thiazole rings is 1. The summed E-state index contributed by atoms with van der Waals surface area (Å²) in [5, 5.41) is 3.08. The van der Waals surface area contributed by atoms with Crippen LogP contribution < -0.4 is 10.2 Å². The SMILES string of the molecule is Cc1nc(N2CCN(CC3CC3(F)F)C2=O)sc1C(=O)NCc1ncco1. The number of halogens is 2. The second kappa shape index (κ2) is 6.55. The van der Waals surface area contributed by atoms with Crippen LogP contribution in [-0.2, 0) is 6.54 Å². The maximum atomic E-state index is 13.1. The summed E-state index contributed by atoms with van der Waals surface area (Å²) in [6, 6.07) is -0.349. The van der Waals surface area contributed by atoms with Crippen LogP contribution >= 0.6 is 11.3 Å². The van der Waals surface area contributed by atoms with Gasteiger partial charge >= 0.3 is 6.03 Å². The van der Waals surface area contributed by atoms with Gasteiger partial charge in [0.15, 0.2) is 5.13 Å². The molecule has 1 aliphatic carbocycles. The number of oxazole rings is 1. The number of nitrogens with zero attached hydrogens (tertiary/aromatic N) is 4. The molecule has 1 unspecified atom stereocenters. The molecule has 27 heavy (non-hydrogen) atoms. The molecular weight excluding hydrogens is 380 g/mol. The van der Waals surface area contributed by atoms with Gasteiger partial charge in [0.25, 0.3) is 11.8 Å². The lowest BCUT2D eigenvalue weighted by Gasteiger charge is -2.16. The monoisotopic (exact) mass is 397 g/mol. The zero-order valence-electron chi connectivity index (χ0n) is 14.4. The van der Waals surface area contributed by atoms with Gasteiger partial charge in [0.05, 0.1) is 18.4 Å². The lowest BCUT2D eigenvalue weighted by molar-refractivity contribution is 0.0921. The van der Waals surface area contributed by atoms with E-state index in [1.165, 1.54) is 22.3 Å². The van der Waals surface area contributed by atoms with Crippen LogP contribution in [0.4, 0.5) is 18.7 Å². The number of carbonyl (C=O) groups excluding carboxylic acids is 2. The lowest BCUT2D eigenvalue weighted by Crippen LogP contribution is -2.33. The van der Waals surface area contributed by atoms with E-state index in [1.54, 1.807) is 6.92 Å². The molecule has 0 radical (unpaired) electrons. The summed E-state index contributed by atoms with van der Waals surface area (Å²) in [7, 11) is 0. The molecule has 2 fully saturated rings. The summed E-state index contributed by atoms with van der Waals surface area (Å²) < 4.78 is 31.3. The molecule has 1 atom stereocenters. The van der Waals surface area contributed by atoms with Gasteiger partial charge in [-0.25, -0.2) is 23.5 Å². The molecule has 2 aromatic heterocycles. The van der Waals surface area contributed by atoms with Crippen molar-refractivity contribution in [1.29, 1.82) is 0 Å². The number of hydrogen-bond acceptors (Lipinski definition) is 6. The molecule has 0 aromatic carbocycles. The minimum atomic E-state index is -2.65. The number of aryl methyl sites for hydroxylation is 1. The molecule has 4 rings (SSSR count). The Labute approximate surface area is 157 Å². The highest BCUT2D eigenvalue weighted by molar-refractivity contribution is 7.17. The van der Waals surface area contributed by atoms with Crippen molar-refractivity contribution in [2.24, 2.45) is 5.92 Å². The van der Waals surface area contributed by atoms with Gasteiger partial charge in [-0.3, -0.25) is 9.69 Å². The molecule has 3 amide bonds. The van der Waals surface area contributed by atoms with Crippen LogP contribution in [0.5, 0.6) is 0 Å². The minimum absolute atomic E-state index is 0.0518. The third-order valence-electron chi connectivity index (χ3n) is 4.60. The van der Waals surface area contributed by atoms with Crippen LogP contribution in [0, 0.1) is 12.8 Å². The number of anilines is 1. The number of amides is 3. The highest BCUT2D eigenvalue weighted by Crippen LogP contribution is 2.49. The number of nitrogens with one attached hydrogen (secondary N) is 1. The molecule has 0 spiro atoms. The molecule has 11 heteroatoms. The Bertz CT molecular complexity index is 870. The molecule has 144 valence electrons. The molecule has 8 nitrogen and oxygen atoms in total. The van der Waals surface area contributed by atoms with Crippen LogP contribution in [-0.4, -0.2) is 52.4 Å². The van der Waals surface area contributed by atoms with Gasteiger partial charge in [0.2, 0.25) is 5.89 Å². The maximum absolute atomic E-state index is 13.1. The van der Waals surface area contributed by atoms with E-state index in [2.05, 4.69) is 15.3 Å². The molecule has 1 aliphatic heterocycles. The van der Waals surface area contributed by atoms with Crippen LogP contribution in [0.15, 0.2) is 16.9 Å². The lowest BCUT2D eigenvalue weighted by atomic mass is 10.4. The van der Waals surface area contributed by atoms with E-state index in [1.807, 2.05) is 0 Å². The quantitative estimate of drug-likeness (QED) is 0.807. The van der Waals surface area contributed by atoms with E-state index in [4.69, 9.17) is 4.42 Å². The smallest absolute Gasteiger partial charge is 0.326 e. The van der Waals surface area contributed by atoms with Crippen LogP contribution in [0.3, 0.4) is 0 Å². The number of urea groups is 1. The maximum Gasteiger partial charge on any atom is 0.326 e. The van der Waals surface area contributed by atoms with Gasteiger partial charge in [-0.15, -0.1) is 0 Å². The molecule has 1 saturated heterocycles. The first-order valence-electron chi connectivity index (χ1n) is 8.43. The summed E-state index contributed by atoms with van der Waals surface area (Å²) in [5.41, 5.74) is 0.500. The largest absolute Gasteiger partial charge is 0.447 e. The molecule has 2 aliphatic rings. The zero-order chi connectivity index (χ0) is 19.2. The minimum Gasteiger partial charge on any atom is -0.447 e. The number of aromatic nitrogens is 2. The third-order valence-corrected chi connectivity index (χ3v) is 5.78. The Morgan fingerprint density at radius 1 is 1.48 bits per heavy atom. The van der Waals surface area contributed by atoms with Crippen molar-refractivity contribution < 1.29 is 22.8 Å². The van der Waals surface area contributed by atoms with Gasteiger partial charge in [-0.1, -0.05) is 11.3 Å². The predicted octanol–water partition coefficient (Wildman–Crippen LogP) is 2.27. The highest BCUT2D eigenvalue weighted by Gasteiger charge is 2.58. The summed E-state index contributed by atoms with van der Waals surface area (Å²) in [6.45, 7) is 2.61. The van der Waals surface area contributed by atoms with Gasteiger partial charge in [0.1, 0.15) is 11.1 Å². The van der Waals surface area contributed by atoms with Crippen molar-refractivity contribution >= 4 is 28.4 Å². The Morgan fingerprint density at radius 3 is 2.93 bits per heavy atom. The van der Waals surface area contributed by atoms with E-state index < -0.39 is 11.8 Å². The van der Waals surface area contributed by atoms with Gasteiger partial charge in [-0.2, -0.15) is 0 Å². The molecule has 2 aromatic rings. The number of carbonyl (C=O) groups is 2. The van der Waals surface area contributed by atoms with Crippen molar-refractivity contribution in [3.63, 3.8) is 0 Å². The van der Waals surface area contributed by atoms with Crippen LogP contribution in [0.25, 0.3) is 0 Å². The Hall–Kier alpha value is -2.56. The van der Waals surface area contributed by atoms with E-state index in [-0.39, 0.29) is 31.4 Å². The fraction of sp³-hybridized carbons (Fsp3) is 0.500. The molecular formula is C16H17F2N5O3S. The van der Waals surface area contributed by atoms with E-state index >= 15 is 0 Å². The van der Waals surface area contributed by atoms with E-state index in [9.17, 15) is 18.4 Å². The van der Waals surface area contributed by atoms with Crippen molar-refractivity contribution in [2.75, 3.05) is 24.5 Å². The summed E-state index contributed by atoms with van der Waals surface area (Å²) in [5.74, 6) is -3.36. The topological polar surface area (TPSA) is 91.6 Å². The fourth-order valence-corrected chi connectivity index (χ4v) is 3.95. The average molecular weight is 397 g/mol. The van der Waals surface area contributed by atoms with Gasteiger partial charge < -0.3 is 14.6 Å². The summed E-state index contributed by atoms with van der Waals surface area (Å²) >= 11 is 1.10. The molecule has 1 saturated carbocycles. The van der Waals surface area contributed by atoms with Crippen molar-refractivity contribution in [2.45, 2.75) is 25.8 Å². The molecule has 0 bridgehead atoms. The van der Waals surface area contributed by atoms with E-state index in [0.29, 0.717) is 34.7 Å². The number of alkyl halides is 2. The third kappa shape index (κ3) is 3.51.